The summed E-state index contributed by atoms with van der Waals surface area (Å²) in [5, 5.41) is 0. The van der Waals surface area contributed by atoms with Crippen LogP contribution >= 0.6 is 0 Å². The van der Waals surface area contributed by atoms with E-state index >= 15 is 0 Å². The highest BCUT2D eigenvalue weighted by atomic mass is 16.6. The van der Waals surface area contributed by atoms with Crippen LogP contribution in [0.1, 0.15) is 258 Å². The molecule has 3 heteroatoms. The number of rotatable bonds is 38. The minimum Gasteiger partial charge on any atom is -0.393 e. The summed E-state index contributed by atoms with van der Waals surface area (Å²) in [7, 11) is 0. The Hall–Kier alpha value is -0.860. The molecular weight excluding hydrogens is 552 g/mol. The van der Waals surface area contributed by atoms with Crippen molar-refractivity contribution in [2.75, 3.05) is 0 Å². The Kier molecular flexibility index (Phi) is 38.6. The molecule has 0 saturated carbocycles. The molecule has 268 valence electrons. The van der Waals surface area contributed by atoms with Gasteiger partial charge in [0, 0.05) is 12.8 Å². The first-order chi connectivity index (χ1) is 22.2. The lowest BCUT2D eigenvalue weighted by molar-refractivity contribution is -0.159. The predicted molar refractivity (Wildman–Crippen MR) is 198 cm³/mol. The van der Waals surface area contributed by atoms with E-state index in [0.29, 0.717) is 12.8 Å². The Balaban J connectivity index is 3.25. The molecule has 0 heterocycles. The molecule has 0 aromatic rings. The molecule has 0 bridgehead atoms. The molecular formula is C42H82O3. The summed E-state index contributed by atoms with van der Waals surface area (Å²) in [4.78, 5) is 23.9. The van der Waals surface area contributed by atoms with E-state index in [-0.39, 0.29) is 11.9 Å². The third kappa shape index (κ3) is 39.2. The minimum absolute atomic E-state index is 0.321. The molecule has 45 heavy (non-hydrogen) atoms. The summed E-state index contributed by atoms with van der Waals surface area (Å²) in [6, 6.07) is 0. The number of hydrogen-bond donors (Lipinski definition) is 0. The van der Waals surface area contributed by atoms with Crippen LogP contribution in [0.4, 0.5) is 0 Å². The molecule has 0 atom stereocenters. The number of hydrogen-bond acceptors (Lipinski definition) is 3. The molecule has 0 radical (unpaired) electrons. The van der Waals surface area contributed by atoms with E-state index in [0.717, 1.165) is 25.7 Å². The van der Waals surface area contributed by atoms with Crippen molar-refractivity contribution in [2.24, 2.45) is 0 Å². The van der Waals surface area contributed by atoms with Crippen LogP contribution in [0, 0.1) is 0 Å². The van der Waals surface area contributed by atoms with Gasteiger partial charge in [-0.05, 0) is 12.8 Å². The second kappa shape index (κ2) is 39.3. The van der Waals surface area contributed by atoms with Gasteiger partial charge in [-0.3, -0.25) is 9.59 Å². The van der Waals surface area contributed by atoms with Crippen molar-refractivity contribution in [3.05, 3.63) is 0 Å². The van der Waals surface area contributed by atoms with Crippen LogP contribution in [-0.4, -0.2) is 11.9 Å². The highest BCUT2D eigenvalue weighted by molar-refractivity contribution is 5.85. The third-order valence-electron chi connectivity index (χ3n) is 9.70. The van der Waals surface area contributed by atoms with Gasteiger partial charge in [-0.15, -0.1) is 0 Å². The normalized spacial score (nSPS) is 11.3. The number of carbonyl (C=O) groups is 2. The van der Waals surface area contributed by atoms with Gasteiger partial charge >= 0.3 is 11.9 Å². The molecule has 0 fully saturated rings. The molecule has 0 aromatic heterocycles. The lowest BCUT2D eigenvalue weighted by atomic mass is 10.0. The topological polar surface area (TPSA) is 43.4 Å². The maximum absolute atomic E-state index is 12.0. The molecule has 0 saturated heterocycles. The minimum atomic E-state index is -0.321. The maximum Gasteiger partial charge on any atom is 0.313 e. The van der Waals surface area contributed by atoms with Gasteiger partial charge in [0.2, 0.25) is 0 Å². The quantitative estimate of drug-likeness (QED) is 0.0385. The molecule has 0 aliphatic carbocycles. The monoisotopic (exact) mass is 635 g/mol. The Bertz CT molecular complexity index is 586. The van der Waals surface area contributed by atoms with E-state index in [1.54, 1.807) is 0 Å². The molecule has 0 rings (SSSR count). The van der Waals surface area contributed by atoms with Crippen molar-refractivity contribution in [2.45, 2.75) is 258 Å². The zero-order valence-corrected chi connectivity index (χ0v) is 31.1. The molecule has 0 N–H and O–H groups in total. The van der Waals surface area contributed by atoms with Crippen LogP contribution in [0.3, 0.4) is 0 Å². The number of esters is 2. The second-order valence-electron chi connectivity index (χ2n) is 14.4. The van der Waals surface area contributed by atoms with Crippen molar-refractivity contribution in [1.29, 1.82) is 0 Å². The van der Waals surface area contributed by atoms with E-state index < -0.39 is 0 Å². The maximum atomic E-state index is 12.0. The van der Waals surface area contributed by atoms with Gasteiger partial charge in [0.25, 0.3) is 0 Å². The molecule has 0 aliphatic heterocycles. The summed E-state index contributed by atoms with van der Waals surface area (Å²) in [6.07, 6.45) is 48.9. The smallest absolute Gasteiger partial charge is 0.313 e. The van der Waals surface area contributed by atoms with E-state index in [9.17, 15) is 9.59 Å². The fourth-order valence-electron chi connectivity index (χ4n) is 6.57. The van der Waals surface area contributed by atoms with Gasteiger partial charge < -0.3 is 4.74 Å². The summed E-state index contributed by atoms with van der Waals surface area (Å²) < 4.78 is 5.04. The largest absolute Gasteiger partial charge is 0.393 e. The summed E-state index contributed by atoms with van der Waals surface area (Å²) in [5.41, 5.74) is 0. The lowest BCUT2D eigenvalue weighted by Gasteiger charge is -2.05. The van der Waals surface area contributed by atoms with Gasteiger partial charge in [0.15, 0.2) is 0 Å². The van der Waals surface area contributed by atoms with Gasteiger partial charge in [-0.2, -0.15) is 0 Å². The van der Waals surface area contributed by atoms with Crippen molar-refractivity contribution in [1.82, 2.24) is 0 Å². The first kappa shape index (κ1) is 44.1. The second-order valence-corrected chi connectivity index (χ2v) is 14.4. The van der Waals surface area contributed by atoms with Gasteiger partial charge in [0.05, 0.1) is 0 Å². The van der Waals surface area contributed by atoms with Crippen LogP contribution in [0.15, 0.2) is 0 Å². The van der Waals surface area contributed by atoms with Crippen molar-refractivity contribution < 1.29 is 14.3 Å². The average Bonchev–Trinajstić information content (AvgIpc) is 3.03. The van der Waals surface area contributed by atoms with E-state index in [4.69, 9.17) is 4.74 Å². The van der Waals surface area contributed by atoms with Crippen LogP contribution in [0.25, 0.3) is 0 Å². The molecule has 0 amide bonds. The van der Waals surface area contributed by atoms with Crippen molar-refractivity contribution in [3.63, 3.8) is 0 Å². The van der Waals surface area contributed by atoms with Crippen LogP contribution < -0.4 is 0 Å². The number of carbonyl (C=O) groups excluding carboxylic acids is 2. The molecule has 0 aromatic carbocycles. The molecule has 3 nitrogen and oxygen atoms in total. The van der Waals surface area contributed by atoms with E-state index in [1.165, 1.54) is 205 Å². The van der Waals surface area contributed by atoms with Crippen LogP contribution in [0.5, 0.6) is 0 Å². The summed E-state index contributed by atoms with van der Waals surface area (Å²) >= 11 is 0. The molecule has 0 unspecified atom stereocenters. The fraction of sp³-hybridized carbons (Fsp3) is 0.952. The number of ether oxygens (including phenoxy) is 1. The van der Waals surface area contributed by atoms with E-state index in [1.807, 2.05) is 0 Å². The Morgan fingerprint density at radius 1 is 0.267 bits per heavy atom. The van der Waals surface area contributed by atoms with Gasteiger partial charge in [-0.1, -0.05) is 232 Å². The lowest BCUT2D eigenvalue weighted by Crippen LogP contribution is -2.11. The Morgan fingerprint density at radius 3 is 0.600 bits per heavy atom. The molecule has 0 aliphatic rings. The van der Waals surface area contributed by atoms with Gasteiger partial charge in [-0.25, -0.2) is 0 Å². The first-order valence-corrected chi connectivity index (χ1v) is 20.9. The predicted octanol–water partition coefficient (Wildman–Crippen LogP) is 14.9. The molecule has 0 spiro atoms. The zero-order chi connectivity index (χ0) is 32.7. The highest BCUT2D eigenvalue weighted by Gasteiger charge is 2.10. The van der Waals surface area contributed by atoms with E-state index in [2.05, 4.69) is 13.8 Å². The standard InChI is InChI=1S/C42H82O3/c1-3-5-7-9-11-13-15-17-19-20-21-22-23-24-26-28-30-32-34-36-38-40-42(44)45-41(43)39-37-35-33-31-29-27-25-18-16-14-12-10-8-6-4-2/h3-40H2,1-2H3. The van der Waals surface area contributed by atoms with Crippen molar-refractivity contribution in [3.8, 4) is 0 Å². The van der Waals surface area contributed by atoms with Crippen LogP contribution in [-0.2, 0) is 14.3 Å². The average molecular weight is 635 g/mol. The van der Waals surface area contributed by atoms with Crippen LogP contribution in [0.2, 0.25) is 0 Å². The Labute approximate surface area is 283 Å². The SMILES string of the molecule is CCCCCCCCCCCCCCCCCCCCCCCC(=O)OC(=O)CCCCCCCCCCCCCCCCC. The van der Waals surface area contributed by atoms with Gasteiger partial charge in [0.1, 0.15) is 0 Å². The summed E-state index contributed by atoms with van der Waals surface area (Å²) in [5.74, 6) is -0.642. The Morgan fingerprint density at radius 2 is 0.422 bits per heavy atom. The zero-order valence-electron chi connectivity index (χ0n) is 31.1. The highest BCUT2D eigenvalue weighted by Crippen LogP contribution is 2.16. The summed E-state index contributed by atoms with van der Waals surface area (Å²) in [6.45, 7) is 4.57. The van der Waals surface area contributed by atoms with Crippen molar-refractivity contribution >= 4 is 11.9 Å². The number of unbranched alkanes of at least 4 members (excludes halogenated alkanes) is 34. The fourth-order valence-corrected chi connectivity index (χ4v) is 6.57. The first-order valence-electron chi connectivity index (χ1n) is 20.9. The third-order valence-corrected chi connectivity index (χ3v) is 9.70.